The monoisotopic (exact) mass is 737 g/mol. The molecule has 11 nitrogen and oxygen atoms in total. The van der Waals surface area contributed by atoms with Crippen LogP contribution in [0.15, 0.2) is 65.2 Å². The van der Waals surface area contributed by atoms with E-state index in [-0.39, 0.29) is 29.6 Å². The molecule has 1 aromatic heterocycles. The highest BCUT2D eigenvalue weighted by atomic mass is 16.5. The van der Waals surface area contributed by atoms with Gasteiger partial charge in [0.15, 0.2) is 0 Å². The van der Waals surface area contributed by atoms with E-state index in [0.717, 1.165) is 103 Å². The van der Waals surface area contributed by atoms with Gasteiger partial charge in [-0.15, -0.1) is 0 Å². The molecule has 3 saturated heterocycles. The highest BCUT2D eigenvalue weighted by Gasteiger charge is 2.45. The van der Waals surface area contributed by atoms with Crippen molar-refractivity contribution in [2.45, 2.75) is 83.3 Å². The topological polar surface area (TPSA) is 126 Å². The van der Waals surface area contributed by atoms with Crippen molar-refractivity contribution in [3.8, 4) is 17.2 Å². The number of aromatic nitrogens is 1. The van der Waals surface area contributed by atoms with Gasteiger partial charge in [0.25, 0.3) is 5.91 Å². The number of hydrogen-bond donors (Lipinski definition) is 1. The van der Waals surface area contributed by atoms with Crippen LogP contribution in [0, 0.1) is 38.0 Å². The van der Waals surface area contributed by atoms with Crippen LogP contribution >= 0.6 is 0 Å². The molecule has 1 saturated carbocycles. The third-order valence-corrected chi connectivity index (χ3v) is 12.8. The molecule has 0 bridgehead atoms. The standard InChI is InChI=1S/C44H47N7O4/c1-27-4-5-31(41-28(2)47-55-29(41)3)20-39(27)50(35-10-7-33(8-11-35)44(26-45)16-17-44)24-30-22-49(23-30)34-14-18-48(19-15-34)36-9-6-32-25-51(43(54)37(32)21-36)38-12-13-40(52)46-42(38)53/h4-11,20-21,30,34,38H,12-19,22-25H2,1-3H3,(H,46,52,53). The summed E-state index contributed by atoms with van der Waals surface area (Å²) in [5.74, 6) is 0.538. The molecule has 9 rings (SSSR count). The van der Waals surface area contributed by atoms with E-state index in [1.807, 2.05) is 26.0 Å². The average molecular weight is 738 g/mol. The fourth-order valence-corrected chi connectivity index (χ4v) is 9.35. The van der Waals surface area contributed by atoms with E-state index in [1.165, 1.54) is 11.3 Å². The molecule has 1 aliphatic carbocycles. The van der Waals surface area contributed by atoms with E-state index >= 15 is 0 Å². The number of benzene rings is 3. The van der Waals surface area contributed by atoms with E-state index in [9.17, 15) is 19.6 Å². The summed E-state index contributed by atoms with van der Waals surface area (Å²) >= 11 is 0. The number of hydrogen-bond acceptors (Lipinski definition) is 9. The molecule has 0 spiro atoms. The molecule has 4 fully saturated rings. The number of nitriles is 1. The fraction of sp³-hybridized carbons (Fsp3) is 0.432. The number of carbonyl (C=O) groups is 3. The molecule has 11 heteroatoms. The molecule has 5 aliphatic rings. The zero-order chi connectivity index (χ0) is 38.0. The predicted molar refractivity (Wildman–Crippen MR) is 209 cm³/mol. The van der Waals surface area contributed by atoms with Crippen LogP contribution in [0.25, 0.3) is 11.1 Å². The zero-order valence-electron chi connectivity index (χ0n) is 31.8. The van der Waals surface area contributed by atoms with Gasteiger partial charge in [0.05, 0.1) is 17.2 Å². The minimum Gasteiger partial charge on any atom is -0.371 e. The molecule has 1 atom stereocenters. The van der Waals surface area contributed by atoms with Gasteiger partial charge in [-0.05, 0) is 105 Å². The van der Waals surface area contributed by atoms with Crippen molar-refractivity contribution in [2.75, 3.05) is 42.5 Å². The SMILES string of the molecule is Cc1ccc(-c2c(C)noc2C)cc1N(CC1CN(C2CCN(c3ccc4c(c3)C(=O)N(C3CCC(=O)NC3=O)C4)CC2)C1)c1ccc(C2(C#N)CC2)cc1. The van der Waals surface area contributed by atoms with E-state index in [1.54, 1.807) is 4.90 Å². The van der Waals surface area contributed by atoms with Crippen molar-refractivity contribution < 1.29 is 18.9 Å². The number of rotatable bonds is 9. The summed E-state index contributed by atoms with van der Waals surface area (Å²) in [7, 11) is 0. The van der Waals surface area contributed by atoms with Crippen molar-refractivity contribution in [3.05, 3.63) is 94.4 Å². The first-order valence-corrected chi connectivity index (χ1v) is 19.7. The molecule has 1 N–H and O–H groups in total. The molecule has 1 unspecified atom stereocenters. The van der Waals surface area contributed by atoms with Crippen LogP contribution in [0.5, 0.6) is 0 Å². The number of aryl methyl sites for hydroxylation is 3. The summed E-state index contributed by atoms with van der Waals surface area (Å²) < 4.78 is 5.54. The van der Waals surface area contributed by atoms with Gasteiger partial charge in [-0.2, -0.15) is 5.26 Å². The lowest BCUT2D eigenvalue weighted by atomic mass is 9.91. The van der Waals surface area contributed by atoms with E-state index in [2.05, 4.69) is 86.7 Å². The number of amides is 3. The Morgan fingerprint density at radius 2 is 1.73 bits per heavy atom. The Bertz CT molecular complexity index is 2200. The Balaban J connectivity index is 0.861. The van der Waals surface area contributed by atoms with Gasteiger partial charge in [-0.25, -0.2) is 0 Å². The fourth-order valence-electron chi connectivity index (χ4n) is 9.35. The third-order valence-electron chi connectivity index (χ3n) is 12.8. The first kappa shape index (κ1) is 35.2. The summed E-state index contributed by atoms with van der Waals surface area (Å²) in [6.07, 6.45) is 4.60. The summed E-state index contributed by atoms with van der Waals surface area (Å²) in [6, 6.07) is 23.9. The average Bonchev–Trinajstić information content (AvgIpc) is 3.82. The van der Waals surface area contributed by atoms with Gasteiger partial charge in [-0.3, -0.25) is 24.6 Å². The van der Waals surface area contributed by atoms with Crippen molar-refractivity contribution >= 4 is 34.8 Å². The highest BCUT2D eigenvalue weighted by Crippen LogP contribution is 2.48. The van der Waals surface area contributed by atoms with Gasteiger partial charge < -0.3 is 19.2 Å². The number of imide groups is 1. The number of nitrogens with one attached hydrogen (secondary N) is 1. The zero-order valence-corrected chi connectivity index (χ0v) is 31.8. The van der Waals surface area contributed by atoms with Gasteiger partial charge in [-0.1, -0.05) is 35.5 Å². The lowest BCUT2D eigenvalue weighted by Gasteiger charge is -2.49. The molecular weight excluding hydrogens is 691 g/mol. The van der Waals surface area contributed by atoms with Crippen molar-refractivity contribution in [1.82, 2.24) is 20.3 Å². The van der Waals surface area contributed by atoms with Crippen LogP contribution in [0.1, 0.15) is 77.0 Å². The normalized spacial score (nSPS) is 21.3. The lowest BCUT2D eigenvalue weighted by molar-refractivity contribution is -0.136. The third kappa shape index (κ3) is 6.36. The molecule has 4 aliphatic heterocycles. The van der Waals surface area contributed by atoms with Crippen molar-refractivity contribution in [3.63, 3.8) is 0 Å². The molecule has 4 aromatic rings. The molecule has 3 amide bonds. The second-order valence-corrected chi connectivity index (χ2v) is 16.3. The summed E-state index contributed by atoms with van der Waals surface area (Å²) in [5.41, 5.74) is 9.99. The number of piperidine rings is 2. The second kappa shape index (κ2) is 13.7. The summed E-state index contributed by atoms with van der Waals surface area (Å²) in [4.78, 5) is 46.7. The smallest absolute Gasteiger partial charge is 0.255 e. The Hall–Kier alpha value is -5.47. The minimum atomic E-state index is -0.601. The largest absolute Gasteiger partial charge is 0.371 e. The van der Waals surface area contributed by atoms with Crippen LogP contribution in [-0.4, -0.2) is 77.5 Å². The quantitative estimate of drug-likeness (QED) is 0.197. The minimum absolute atomic E-state index is 0.127. The Morgan fingerprint density at radius 1 is 0.964 bits per heavy atom. The van der Waals surface area contributed by atoms with Gasteiger partial charge in [0.2, 0.25) is 11.8 Å². The summed E-state index contributed by atoms with van der Waals surface area (Å²) in [6.45, 7) is 11.4. The number of likely N-dealkylation sites (tertiary alicyclic amines) is 1. The van der Waals surface area contributed by atoms with Gasteiger partial charge >= 0.3 is 0 Å². The first-order valence-electron chi connectivity index (χ1n) is 19.7. The summed E-state index contributed by atoms with van der Waals surface area (Å²) in [5, 5.41) is 16.4. The van der Waals surface area contributed by atoms with E-state index in [4.69, 9.17) is 4.52 Å². The number of nitrogens with zero attached hydrogens (tertiary/aromatic N) is 6. The lowest BCUT2D eigenvalue weighted by Crippen LogP contribution is -2.57. The van der Waals surface area contributed by atoms with Crippen LogP contribution in [-0.2, 0) is 21.5 Å². The number of anilines is 3. The molecule has 3 aromatic carbocycles. The van der Waals surface area contributed by atoms with Crippen molar-refractivity contribution in [1.29, 1.82) is 5.26 Å². The molecule has 5 heterocycles. The maximum Gasteiger partial charge on any atom is 0.255 e. The van der Waals surface area contributed by atoms with Crippen LogP contribution < -0.4 is 15.1 Å². The Kier molecular flexibility index (Phi) is 8.76. The molecule has 0 radical (unpaired) electrons. The molecule has 282 valence electrons. The van der Waals surface area contributed by atoms with E-state index in [0.29, 0.717) is 30.5 Å². The van der Waals surface area contributed by atoms with Gasteiger partial charge in [0, 0.05) is 85.8 Å². The second-order valence-electron chi connectivity index (χ2n) is 16.3. The van der Waals surface area contributed by atoms with Crippen LogP contribution in [0.3, 0.4) is 0 Å². The van der Waals surface area contributed by atoms with E-state index < -0.39 is 6.04 Å². The van der Waals surface area contributed by atoms with Crippen molar-refractivity contribution in [2.24, 2.45) is 5.92 Å². The maximum atomic E-state index is 13.4. The van der Waals surface area contributed by atoms with Crippen LogP contribution in [0.2, 0.25) is 0 Å². The maximum absolute atomic E-state index is 13.4. The molecule has 55 heavy (non-hydrogen) atoms. The van der Waals surface area contributed by atoms with Crippen LogP contribution in [0.4, 0.5) is 17.1 Å². The van der Waals surface area contributed by atoms with Gasteiger partial charge in [0.1, 0.15) is 11.8 Å². The number of fused-ring (bicyclic) bond motifs is 1. The molecular formula is C44H47N7O4. The predicted octanol–water partition coefficient (Wildman–Crippen LogP) is 6.32. The Labute approximate surface area is 321 Å². The number of carbonyl (C=O) groups excluding carboxylic acids is 3. The highest BCUT2D eigenvalue weighted by molar-refractivity contribution is 6.05. The first-order chi connectivity index (χ1) is 26.6. The Morgan fingerprint density at radius 3 is 2.40 bits per heavy atom.